The zero-order valence-corrected chi connectivity index (χ0v) is 22.3. The van der Waals surface area contributed by atoms with Crippen molar-refractivity contribution < 1.29 is 14.3 Å². The van der Waals surface area contributed by atoms with Gasteiger partial charge in [0.25, 0.3) is 5.91 Å². The number of aryl methyl sites for hydroxylation is 2. The molecule has 0 radical (unpaired) electrons. The van der Waals surface area contributed by atoms with Gasteiger partial charge in [-0.25, -0.2) is 9.50 Å². The lowest BCUT2D eigenvalue weighted by molar-refractivity contribution is 0.0947. The Morgan fingerprint density at radius 1 is 1.14 bits per heavy atom. The van der Waals surface area contributed by atoms with Crippen LogP contribution in [0.15, 0.2) is 24.4 Å². The van der Waals surface area contributed by atoms with Gasteiger partial charge in [-0.05, 0) is 78.1 Å². The van der Waals surface area contributed by atoms with Crippen molar-refractivity contribution in [2.45, 2.75) is 66.3 Å². The summed E-state index contributed by atoms with van der Waals surface area (Å²) in [5.74, 6) is 1.31. The Labute approximate surface area is 214 Å². The normalized spacial score (nSPS) is 16.3. The fraction of sp³-hybridized carbons (Fsp3) is 0.536. The average Bonchev–Trinajstić information content (AvgIpc) is 3.21. The van der Waals surface area contributed by atoms with Crippen molar-refractivity contribution >= 4 is 11.6 Å². The monoisotopic (exact) mass is 493 g/mol. The predicted molar refractivity (Wildman–Crippen MR) is 142 cm³/mol. The van der Waals surface area contributed by atoms with Gasteiger partial charge in [0.1, 0.15) is 0 Å². The molecule has 1 unspecified atom stereocenters. The average molecular weight is 494 g/mol. The minimum Gasteiger partial charge on any atom is -0.490 e. The molecule has 1 amide bonds. The number of hydrogen-bond donors (Lipinski definition) is 1. The molecule has 1 fully saturated rings. The molecule has 2 aromatic heterocycles. The van der Waals surface area contributed by atoms with E-state index in [0.29, 0.717) is 42.8 Å². The van der Waals surface area contributed by atoms with Gasteiger partial charge < -0.3 is 19.7 Å². The third-order valence-electron chi connectivity index (χ3n) is 6.98. The van der Waals surface area contributed by atoms with Crippen molar-refractivity contribution in [3.8, 4) is 22.6 Å². The van der Waals surface area contributed by atoms with E-state index in [1.165, 1.54) is 19.3 Å². The topological polar surface area (TPSA) is 81.0 Å². The fourth-order valence-electron chi connectivity index (χ4n) is 5.04. The lowest BCUT2D eigenvalue weighted by Gasteiger charge is -2.33. The minimum absolute atomic E-state index is 0.108. The van der Waals surface area contributed by atoms with Crippen LogP contribution in [-0.2, 0) is 0 Å². The molecule has 4 rings (SSSR count). The molecule has 0 spiro atoms. The molecule has 1 aliphatic heterocycles. The van der Waals surface area contributed by atoms with E-state index in [1.54, 1.807) is 10.7 Å². The van der Waals surface area contributed by atoms with Crippen LogP contribution >= 0.6 is 0 Å². The van der Waals surface area contributed by atoms with Crippen LogP contribution < -0.4 is 14.8 Å². The maximum atomic E-state index is 13.0. The van der Waals surface area contributed by atoms with Crippen LogP contribution in [0, 0.1) is 13.8 Å². The number of amides is 1. The third-order valence-corrected chi connectivity index (χ3v) is 6.98. The first kappa shape index (κ1) is 25.9. The summed E-state index contributed by atoms with van der Waals surface area (Å²) in [7, 11) is 0. The number of ether oxygens (including phenoxy) is 2. The van der Waals surface area contributed by atoms with Gasteiger partial charge in [-0.3, -0.25) is 4.79 Å². The Hall–Kier alpha value is -3.13. The van der Waals surface area contributed by atoms with E-state index < -0.39 is 0 Å². The number of fused-ring (bicyclic) bond motifs is 1. The molecule has 8 heteroatoms. The van der Waals surface area contributed by atoms with Crippen LogP contribution in [0.4, 0.5) is 0 Å². The second-order valence-corrected chi connectivity index (χ2v) is 9.47. The molecule has 194 valence electrons. The number of nitrogens with zero attached hydrogens (tertiary/aromatic N) is 4. The molecule has 3 aromatic rings. The third kappa shape index (κ3) is 5.48. The van der Waals surface area contributed by atoms with Gasteiger partial charge in [-0.15, -0.1) is 0 Å². The Kier molecular flexibility index (Phi) is 8.46. The van der Waals surface area contributed by atoms with Crippen molar-refractivity contribution in [2.75, 3.05) is 32.8 Å². The molecule has 1 atom stereocenters. The SMILES string of the molecule is CCOc1ccc(-c2c(C)nn3c(C)c(C(=O)NCCCN4CCCCC4C)cnc23)cc1OCC. The number of carbonyl (C=O) groups is 1. The van der Waals surface area contributed by atoms with Crippen molar-refractivity contribution in [3.63, 3.8) is 0 Å². The summed E-state index contributed by atoms with van der Waals surface area (Å²) in [4.78, 5) is 20.2. The van der Waals surface area contributed by atoms with Gasteiger partial charge >= 0.3 is 0 Å². The Balaban J connectivity index is 1.51. The van der Waals surface area contributed by atoms with Crippen LogP contribution in [0.2, 0.25) is 0 Å². The largest absolute Gasteiger partial charge is 0.490 e. The molecule has 0 aliphatic carbocycles. The number of hydrogen-bond acceptors (Lipinski definition) is 6. The second kappa shape index (κ2) is 11.7. The van der Waals surface area contributed by atoms with E-state index in [2.05, 4.69) is 22.1 Å². The molecule has 3 heterocycles. The number of likely N-dealkylation sites (tertiary alicyclic amines) is 1. The highest BCUT2D eigenvalue weighted by molar-refractivity contribution is 5.95. The van der Waals surface area contributed by atoms with E-state index in [9.17, 15) is 4.79 Å². The molecule has 0 saturated carbocycles. The van der Waals surface area contributed by atoms with Gasteiger partial charge in [0.2, 0.25) is 0 Å². The number of nitrogens with one attached hydrogen (secondary N) is 1. The molecule has 1 aliphatic rings. The zero-order chi connectivity index (χ0) is 25.7. The van der Waals surface area contributed by atoms with Gasteiger partial charge in [-0.1, -0.05) is 12.5 Å². The molecule has 36 heavy (non-hydrogen) atoms. The Morgan fingerprint density at radius 3 is 2.67 bits per heavy atom. The molecule has 0 bridgehead atoms. The maximum Gasteiger partial charge on any atom is 0.254 e. The maximum absolute atomic E-state index is 13.0. The summed E-state index contributed by atoms with van der Waals surface area (Å²) in [6.07, 6.45) is 6.47. The lowest BCUT2D eigenvalue weighted by atomic mass is 10.0. The van der Waals surface area contributed by atoms with Crippen LogP contribution in [-0.4, -0.2) is 64.3 Å². The van der Waals surface area contributed by atoms with Crippen molar-refractivity contribution in [3.05, 3.63) is 41.3 Å². The number of piperidine rings is 1. The fourth-order valence-corrected chi connectivity index (χ4v) is 5.04. The van der Waals surface area contributed by atoms with Gasteiger partial charge in [0.15, 0.2) is 17.1 Å². The predicted octanol–water partition coefficient (Wildman–Crippen LogP) is 4.80. The smallest absolute Gasteiger partial charge is 0.254 e. The number of aromatic nitrogens is 3. The summed E-state index contributed by atoms with van der Waals surface area (Å²) >= 11 is 0. The highest BCUT2D eigenvalue weighted by Crippen LogP contribution is 2.36. The first-order chi connectivity index (χ1) is 17.4. The van der Waals surface area contributed by atoms with E-state index in [1.807, 2.05) is 45.9 Å². The number of benzene rings is 1. The Bertz CT molecular complexity index is 1210. The number of rotatable bonds is 10. The molecule has 1 saturated heterocycles. The summed E-state index contributed by atoms with van der Waals surface area (Å²) in [6, 6.07) is 6.53. The molecular weight excluding hydrogens is 454 g/mol. The Morgan fingerprint density at radius 2 is 1.92 bits per heavy atom. The first-order valence-electron chi connectivity index (χ1n) is 13.2. The first-order valence-corrected chi connectivity index (χ1v) is 13.2. The molecule has 1 aromatic carbocycles. The van der Waals surface area contributed by atoms with Crippen molar-refractivity contribution in [1.82, 2.24) is 24.8 Å². The lowest BCUT2D eigenvalue weighted by Crippen LogP contribution is -2.39. The number of carbonyl (C=O) groups excluding carboxylic acids is 1. The van der Waals surface area contributed by atoms with Crippen LogP contribution in [0.25, 0.3) is 16.8 Å². The van der Waals surface area contributed by atoms with E-state index in [4.69, 9.17) is 14.6 Å². The standard InChI is InChI=1S/C28H39N5O3/c1-6-35-24-13-12-22(17-25(24)36-7-2)26-20(4)31-33-21(5)23(18-30-27(26)33)28(34)29-14-10-16-32-15-9-8-11-19(32)3/h12-13,17-19H,6-11,14-16H2,1-5H3,(H,29,34). The van der Waals surface area contributed by atoms with Gasteiger partial charge in [-0.2, -0.15) is 5.10 Å². The van der Waals surface area contributed by atoms with Gasteiger partial charge in [0, 0.05) is 30.9 Å². The van der Waals surface area contributed by atoms with Crippen LogP contribution in [0.1, 0.15) is 68.2 Å². The quantitative estimate of drug-likeness (QED) is 0.409. The highest BCUT2D eigenvalue weighted by atomic mass is 16.5. The molecule has 8 nitrogen and oxygen atoms in total. The van der Waals surface area contributed by atoms with E-state index in [-0.39, 0.29) is 5.91 Å². The van der Waals surface area contributed by atoms with E-state index >= 15 is 0 Å². The summed E-state index contributed by atoms with van der Waals surface area (Å²) in [5.41, 5.74) is 4.74. The molecule has 1 N–H and O–H groups in total. The summed E-state index contributed by atoms with van der Waals surface area (Å²) < 4.78 is 13.3. The summed E-state index contributed by atoms with van der Waals surface area (Å²) in [5, 5.41) is 7.80. The van der Waals surface area contributed by atoms with Crippen molar-refractivity contribution in [2.24, 2.45) is 0 Å². The van der Waals surface area contributed by atoms with Crippen molar-refractivity contribution in [1.29, 1.82) is 0 Å². The molecular formula is C28H39N5O3. The minimum atomic E-state index is -0.108. The van der Waals surface area contributed by atoms with Crippen LogP contribution in [0.3, 0.4) is 0 Å². The highest BCUT2D eigenvalue weighted by Gasteiger charge is 2.21. The summed E-state index contributed by atoms with van der Waals surface area (Å²) in [6.45, 7) is 14.0. The van der Waals surface area contributed by atoms with E-state index in [0.717, 1.165) is 47.8 Å². The van der Waals surface area contributed by atoms with Gasteiger partial charge in [0.05, 0.1) is 30.2 Å². The zero-order valence-electron chi connectivity index (χ0n) is 22.3. The van der Waals surface area contributed by atoms with Crippen LogP contribution in [0.5, 0.6) is 11.5 Å². The second-order valence-electron chi connectivity index (χ2n) is 9.47.